The molecule has 17 heavy (non-hydrogen) atoms. The van der Waals surface area contributed by atoms with E-state index in [1.54, 1.807) is 0 Å². The Morgan fingerprint density at radius 1 is 1.00 bits per heavy atom. The van der Waals surface area contributed by atoms with Gasteiger partial charge in [-0.15, -0.1) is 11.6 Å². The molecule has 2 heteroatoms. The van der Waals surface area contributed by atoms with Crippen LogP contribution in [0, 0.1) is 6.92 Å². The van der Waals surface area contributed by atoms with E-state index in [9.17, 15) is 0 Å². The second kappa shape index (κ2) is 5.24. The zero-order valence-corrected chi connectivity index (χ0v) is 10.7. The van der Waals surface area contributed by atoms with Crippen molar-refractivity contribution in [2.24, 2.45) is 0 Å². The predicted molar refractivity (Wildman–Crippen MR) is 74.4 cm³/mol. The van der Waals surface area contributed by atoms with Crippen molar-refractivity contribution in [3.63, 3.8) is 0 Å². The summed E-state index contributed by atoms with van der Waals surface area (Å²) in [5, 5.41) is 0. The van der Waals surface area contributed by atoms with E-state index in [1.165, 1.54) is 11.1 Å². The van der Waals surface area contributed by atoms with E-state index in [0.29, 0.717) is 5.88 Å². The normalized spacial score (nSPS) is 10.5. The highest BCUT2D eigenvalue weighted by molar-refractivity contribution is 6.17. The van der Waals surface area contributed by atoms with Crippen LogP contribution >= 0.6 is 11.6 Å². The fourth-order valence-electron chi connectivity index (χ4n) is 1.82. The Morgan fingerprint density at radius 2 is 1.65 bits per heavy atom. The number of anilines is 1. The van der Waals surface area contributed by atoms with E-state index in [-0.39, 0.29) is 0 Å². The topological polar surface area (TPSA) is 26.0 Å². The number of benzene rings is 2. The summed E-state index contributed by atoms with van der Waals surface area (Å²) in [4.78, 5) is 0. The fraction of sp³-hybridized carbons (Fsp3) is 0.200. The quantitative estimate of drug-likeness (QED) is 0.644. The highest BCUT2D eigenvalue weighted by Crippen LogP contribution is 2.19. The Hall–Kier alpha value is -1.47. The van der Waals surface area contributed by atoms with Crippen molar-refractivity contribution < 1.29 is 0 Å². The van der Waals surface area contributed by atoms with Crippen LogP contribution in [0.25, 0.3) is 0 Å². The third kappa shape index (κ3) is 3.01. The fourth-order valence-corrected chi connectivity index (χ4v) is 1.99. The van der Waals surface area contributed by atoms with Gasteiger partial charge in [-0.3, -0.25) is 0 Å². The molecule has 0 radical (unpaired) electrons. The molecule has 88 valence electrons. The summed E-state index contributed by atoms with van der Waals surface area (Å²) in [7, 11) is 0. The number of rotatable bonds is 3. The van der Waals surface area contributed by atoms with Crippen LogP contribution in [-0.2, 0) is 12.3 Å². The van der Waals surface area contributed by atoms with Crippen LogP contribution in [0.5, 0.6) is 0 Å². The summed E-state index contributed by atoms with van der Waals surface area (Å²) < 4.78 is 0. The molecule has 0 amide bonds. The van der Waals surface area contributed by atoms with Gasteiger partial charge in [-0.05, 0) is 36.1 Å². The van der Waals surface area contributed by atoms with Crippen molar-refractivity contribution >= 4 is 17.3 Å². The van der Waals surface area contributed by atoms with Crippen molar-refractivity contribution in [3.05, 3.63) is 64.7 Å². The predicted octanol–water partition coefficient (Wildman–Crippen LogP) is 3.91. The van der Waals surface area contributed by atoms with Crippen molar-refractivity contribution in [2.75, 3.05) is 5.73 Å². The molecule has 0 aromatic heterocycles. The molecule has 0 saturated heterocycles. The second-order valence-corrected chi connectivity index (χ2v) is 4.60. The summed E-state index contributed by atoms with van der Waals surface area (Å²) in [6.45, 7) is 2.09. The van der Waals surface area contributed by atoms with Gasteiger partial charge in [0.05, 0.1) is 0 Å². The molecule has 2 aromatic rings. The number of aryl methyl sites for hydroxylation is 1. The SMILES string of the molecule is Cc1ccc(Cc2cc(CCl)ccc2N)cc1. The zero-order chi connectivity index (χ0) is 12.3. The Morgan fingerprint density at radius 3 is 2.29 bits per heavy atom. The van der Waals surface area contributed by atoms with Gasteiger partial charge in [0.25, 0.3) is 0 Å². The second-order valence-electron chi connectivity index (χ2n) is 4.33. The van der Waals surface area contributed by atoms with Crippen LogP contribution in [-0.4, -0.2) is 0 Å². The minimum atomic E-state index is 0.529. The van der Waals surface area contributed by atoms with Crippen molar-refractivity contribution in [3.8, 4) is 0 Å². The van der Waals surface area contributed by atoms with Crippen LogP contribution < -0.4 is 5.73 Å². The van der Waals surface area contributed by atoms with Gasteiger partial charge in [0.2, 0.25) is 0 Å². The molecule has 2 N–H and O–H groups in total. The third-order valence-electron chi connectivity index (χ3n) is 2.88. The van der Waals surface area contributed by atoms with Crippen LogP contribution in [0.2, 0.25) is 0 Å². The van der Waals surface area contributed by atoms with Crippen LogP contribution in [0.3, 0.4) is 0 Å². The average Bonchev–Trinajstić information content (AvgIpc) is 2.35. The lowest BCUT2D eigenvalue weighted by Gasteiger charge is -2.08. The lowest BCUT2D eigenvalue weighted by molar-refractivity contribution is 1.18. The summed E-state index contributed by atoms with van der Waals surface area (Å²) in [6, 6.07) is 14.5. The monoisotopic (exact) mass is 245 g/mol. The first-order valence-electron chi connectivity index (χ1n) is 5.68. The molecule has 0 saturated carbocycles. The van der Waals surface area contributed by atoms with E-state index in [4.69, 9.17) is 17.3 Å². The van der Waals surface area contributed by atoms with Gasteiger partial charge in [0.1, 0.15) is 0 Å². The summed E-state index contributed by atoms with van der Waals surface area (Å²) in [5.74, 6) is 0.529. The standard InChI is InChI=1S/C15H16ClN/c1-11-2-4-12(5-3-11)8-14-9-13(10-16)6-7-15(14)17/h2-7,9H,8,10,17H2,1H3. The highest BCUT2D eigenvalue weighted by atomic mass is 35.5. The summed E-state index contributed by atoms with van der Waals surface area (Å²) >= 11 is 5.83. The van der Waals surface area contributed by atoms with E-state index in [0.717, 1.165) is 23.2 Å². The van der Waals surface area contributed by atoms with E-state index < -0.39 is 0 Å². The largest absolute Gasteiger partial charge is 0.398 e. The maximum Gasteiger partial charge on any atom is 0.0474 e. The van der Waals surface area contributed by atoms with Crippen molar-refractivity contribution in [2.45, 2.75) is 19.2 Å². The Labute approximate surface area is 107 Å². The maximum absolute atomic E-state index is 5.98. The van der Waals surface area contributed by atoms with Crippen molar-refractivity contribution in [1.29, 1.82) is 0 Å². The van der Waals surface area contributed by atoms with E-state index in [1.807, 2.05) is 12.1 Å². The van der Waals surface area contributed by atoms with Crippen LogP contribution in [0.1, 0.15) is 22.3 Å². The van der Waals surface area contributed by atoms with Gasteiger partial charge >= 0.3 is 0 Å². The minimum absolute atomic E-state index is 0.529. The zero-order valence-electron chi connectivity index (χ0n) is 9.91. The molecule has 0 aliphatic rings. The van der Waals surface area contributed by atoms with Crippen LogP contribution in [0.4, 0.5) is 5.69 Å². The third-order valence-corrected chi connectivity index (χ3v) is 3.19. The lowest BCUT2D eigenvalue weighted by Crippen LogP contribution is -1.97. The Bertz CT molecular complexity index is 503. The van der Waals surface area contributed by atoms with Gasteiger partial charge in [0, 0.05) is 11.6 Å². The van der Waals surface area contributed by atoms with E-state index >= 15 is 0 Å². The van der Waals surface area contributed by atoms with Crippen LogP contribution in [0.15, 0.2) is 42.5 Å². The minimum Gasteiger partial charge on any atom is -0.398 e. The molecule has 0 aliphatic heterocycles. The molecular formula is C15H16ClN. The lowest BCUT2D eigenvalue weighted by atomic mass is 10.0. The molecular weight excluding hydrogens is 230 g/mol. The molecule has 2 aromatic carbocycles. The molecule has 2 rings (SSSR count). The Balaban J connectivity index is 2.25. The van der Waals surface area contributed by atoms with Crippen molar-refractivity contribution in [1.82, 2.24) is 0 Å². The summed E-state index contributed by atoms with van der Waals surface area (Å²) in [6.07, 6.45) is 0.858. The number of nitrogen functional groups attached to an aromatic ring is 1. The smallest absolute Gasteiger partial charge is 0.0474 e. The molecule has 0 spiro atoms. The molecule has 0 unspecified atom stereocenters. The summed E-state index contributed by atoms with van der Waals surface area (Å²) in [5.41, 5.74) is 11.6. The molecule has 0 aliphatic carbocycles. The average molecular weight is 246 g/mol. The first kappa shape index (κ1) is 12.0. The van der Waals surface area contributed by atoms with Gasteiger partial charge in [-0.2, -0.15) is 0 Å². The van der Waals surface area contributed by atoms with Gasteiger partial charge < -0.3 is 5.73 Å². The number of hydrogen-bond donors (Lipinski definition) is 1. The maximum atomic E-state index is 5.98. The number of alkyl halides is 1. The van der Waals surface area contributed by atoms with Gasteiger partial charge in [-0.25, -0.2) is 0 Å². The molecule has 0 fully saturated rings. The number of nitrogens with two attached hydrogens (primary N) is 1. The highest BCUT2D eigenvalue weighted by Gasteiger charge is 2.02. The molecule has 1 nitrogen and oxygen atoms in total. The Kier molecular flexibility index (Phi) is 3.70. The molecule has 0 heterocycles. The first-order valence-corrected chi connectivity index (χ1v) is 6.21. The number of halogens is 1. The first-order chi connectivity index (χ1) is 8.19. The van der Waals surface area contributed by atoms with E-state index in [2.05, 4.69) is 37.3 Å². The van der Waals surface area contributed by atoms with Gasteiger partial charge in [0.15, 0.2) is 0 Å². The number of hydrogen-bond acceptors (Lipinski definition) is 1. The molecule has 0 atom stereocenters. The molecule has 0 bridgehead atoms. The van der Waals surface area contributed by atoms with Gasteiger partial charge in [-0.1, -0.05) is 42.0 Å².